The summed E-state index contributed by atoms with van der Waals surface area (Å²) in [5.41, 5.74) is 0. The number of thiol groups is 1. The molecule has 0 aromatic heterocycles. The van der Waals surface area contributed by atoms with Crippen LogP contribution in [0, 0.1) is 0 Å². The first-order chi connectivity index (χ1) is 8.33. The molecule has 17 heavy (non-hydrogen) atoms. The van der Waals surface area contributed by atoms with Crippen LogP contribution < -0.4 is 10.6 Å². The van der Waals surface area contributed by atoms with Gasteiger partial charge in [0, 0.05) is 5.02 Å². The van der Waals surface area contributed by atoms with Crippen LogP contribution >= 0.6 is 32.2 Å². The average Bonchev–Trinajstić information content (AvgIpc) is 2.38. The summed E-state index contributed by atoms with van der Waals surface area (Å²) in [5.74, 6) is 0.881. The monoisotopic (exact) mass is 280 g/mol. The molecule has 2 rings (SSSR count). The lowest BCUT2D eigenvalue weighted by Gasteiger charge is -2.18. The molecule has 3 heteroatoms. The van der Waals surface area contributed by atoms with Gasteiger partial charge in [-0.05, 0) is 36.5 Å². The minimum Gasteiger partial charge on any atom is -0.179 e. The zero-order valence-electron chi connectivity index (χ0n) is 9.38. The van der Waals surface area contributed by atoms with Crippen LogP contribution in [0.5, 0.6) is 0 Å². The number of hydrogen-bond donors (Lipinski definition) is 1. The van der Waals surface area contributed by atoms with Crippen molar-refractivity contribution in [2.45, 2.75) is 0 Å². The van der Waals surface area contributed by atoms with Crippen molar-refractivity contribution in [3.63, 3.8) is 0 Å². The summed E-state index contributed by atoms with van der Waals surface area (Å²) in [6.45, 7) is 0. The van der Waals surface area contributed by atoms with Crippen LogP contribution in [-0.2, 0) is 0 Å². The second-order valence-electron chi connectivity index (χ2n) is 3.66. The summed E-state index contributed by atoms with van der Waals surface area (Å²) >= 11 is 10.7. The van der Waals surface area contributed by atoms with Gasteiger partial charge in [0.2, 0.25) is 0 Å². The van der Waals surface area contributed by atoms with Crippen molar-refractivity contribution in [3.05, 3.63) is 59.6 Å². The summed E-state index contributed by atoms with van der Waals surface area (Å²) in [6, 6.07) is 18.7. The summed E-state index contributed by atoms with van der Waals surface area (Å²) in [5, 5.41) is 3.48. The van der Waals surface area contributed by atoms with Gasteiger partial charge in [-0.2, -0.15) is 12.6 Å². The normalized spacial score (nSPS) is 12.4. The van der Waals surface area contributed by atoms with Gasteiger partial charge in [0.15, 0.2) is 0 Å². The molecule has 1 unspecified atom stereocenters. The van der Waals surface area contributed by atoms with Gasteiger partial charge in [0.1, 0.15) is 0 Å². The molecule has 0 spiro atoms. The molecule has 0 radical (unpaired) electrons. The number of halogens is 1. The molecule has 0 amide bonds. The molecular weight excluding hydrogens is 267 g/mol. The van der Waals surface area contributed by atoms with E-state index in [4.69, 9.17) is 11.6 Å². The van der Waals surface area contributed by atoms with E-state index in [0.29, 0.717) is 0 Å². The van der Waals surface area contributed by atoms with Crippen molar-refractivity contribution in [3.8, 4) is 0 Å². The summed E-state index contributed by atoms with van der Waals surface area (Å²) in [7, 11) is -0.380. The molecule has 0 N–H and O–H groups in total. The van der Waals surface area contributed by atoms with Gasteiger partial charge >= 0.3 is 0 Å². The lowest BCUT2D eigenvalue weighted by molar-refractivity contribution is 1.54. The lowest BCUT2D eigenvalue weighted by atomic mass is 10.4. The summed E-state index contributed by atoms with van der Waals surface area (Å²) < 4.78 is 0. The highest BCUT2D eigenvalue weighted by atomic mass is 35.5. The Balaban J connectivity index is 2.39. The van der Waals surface area contributed by atoms with Crippen LogP contribution in [0.2, 0.25) is 5.02 Å². The third kappa shape index (κ3) is 3.25. The van der Waals surface area contributed by atoms with Gasteiger partial charge in [-0.3, -0.25) is 0 Å². The molecule has 2 aromatic carbocycles. The Hall–Kier alpha value is -0.490. The minimum absolute atomic E-state index is 0.380. The van der Waals surface area contributed by atoms with E-state index in [9.17, 15) is 0 Å². The molecule has 0 saturated heterocycles. The fourth-order valence-corrected chi connectivity index (χ4v) is 4.92. The van der Waals surface area contributed by atoms with E-state index in [1.807, 2.05) is 18.2 Å². The largest absolute Gasteiger partial charge is 0.179 e. The van der Waals surface area contributed by atoms with E-state index >= 15 is 0 Å². The molecule has 0 aliphatic rings. The molecule has 0 nitrogen and oxygen atoms in total. The third-order valence-electron chi connectivity index (χ3n) is 2.53. The Morgan fingerprint density at radius 3 is 2.24 bits per heavy atom. The molecular formula is C14H14ClPS. The Morgan fingerprint density at radius 1 is 0.941 bits per heavy atom. The highest BCUT2D eigenvalue weighted by molar-refractivity contribution is 7.81. The summed E-state index contributed by atoms with van der Waals surface area (Å²) in [4.78, 5) is 0. The van der Waals surface area contributed by atoms with Crippen LogP contribution in [0.25, 0.3) is 0 Å². The first kappa shape index (κ1) is 13.0. The van der Waals surface area contributed by atoms with Gasteiger partial charge in [0.25, 0.3) is 0 Å². The molecule has 0 aliphatic heterocycles. The predicted molar refractivity (Wildman–Crippen MR) is 82.8 cm³/mol. The molecule has 0 fully saturated rings. The van der Waals surface area contributed by atoms with Crippen LogP contribution in [0.1, 0.15) is 0 Å². The van der Waals surface area contributed by atoms with Crippen molar-refractivity contribution in [1.82, 2.24) is 0 Å². The Morgan fingerprint density at radius 2 is 1.59 bits per heavy atom. The SMILES string of the molecule is SCCP(c1ccccc1)c1ccccc1Cl. The standard InChI is InChI=1S/C14H14ClPS/c15-13-8-4-5-9-14(13)16(10-11-17)12-6-2-1-3-7-12/h1-9,17H,10-11H2. The zero-order valence-corrected chi connectivity index (χ0v) is 11.9. The van der Waals surface area contributed by atoms with E-state index in [0.717, 1.165) is 16.9 Å². The van der Waals surface area contributed by atoms with E-state index in [2.05, 4.69) is 49.0 Å². The maximum Gasteiger partial charge on any atom is 0.0486 e. The Bertz CT molecular complexity index is 473. The second kappa shape index (κ2) is 6.44. The molecule has 0 saturated carbocycles. The van der Waals surface area contributed by atoms with Crippen molar-refractivity contribution in [1.29, 1.82) is 0 Å². The minimum atomic E-state index is -0.380. The van der Waals surface area contributed by atoms with Crippen molar-refractivity contribution in [2.75, 3.05) is 11.9 Å². The highest BCUT2D eigenvalue weighted by Gasteiger charge is 2.14. The van der Waals surface area contributed by atoms with Crippen LogP contribution in [0.15, 0.2) is 54.6 Å². The van der Waals surface area contributed by atoms with Crippen LogP contribution in [-0.4, -0.2) is 11.9 Å². The molecule has 0 aliphatic carbocycles. The lowest BCUT2D eigenvalue weighted by Crippen LogP contribution is -2.15. The summed E-state index contributed by atoms with van der Waals surface area (Å²) in [6.07, 6.45) is 1.06. The maximum absolute atomic E-state index is 6.30. The molecule has 88 valence electrons. The van der Waals surface area contributed by atoms with Crippen molar-refractivity contribution >= 4 is 42.8 Å². The Kier molecular flexibility index (Phi) is 4.91. The average molecular weight is 281 g/mol. The van der Waals surface area contributed by atoms with E-state index in [1.54, 1.807) is 0 Å². The van der Waals surface area contributed by atoms with E-state index in [-0.39, 0.29) is 7.92 Å². The van der Waals surface area contributed by atoms with E-state index < -0.39 is 0 Å². The van der Waals surface area contributed by atoms with Gasteiger partial charge in [-0.25, -0.2) is 0 Å². The van der Waals surface area contributed by atoms with E-state index in [1.165, 1.54) is 10.6 Å². The third-order valence-corrected chi connectivity index (χ3v) is 6.14. The zero-order chi connectivity index (χ0) is 12.1. The highest BCUT2D eigenvalue weighted by Crippen LogP contribution is 2.35. The van der Waals surface area contributed by atoms with Gasteiger partial charge < -0.3 is 0 Å². The molecule has 1 atom stereocenters. The second-order valence-corrected chi connectivity index (χ2v) is 6.82. The van der Waals surface area contributed by atoms with Crippen molar-refractivity contribution in [2.24, 2.45) is 0 Å². The van der Waals surface area contributed by atoms with Crippen LogP contribution in [0.3, 0.4) is 0 Å². The van der Waals surface area contributed by atoms with Gasteiger partial charge in [-0.15, -0.1) is 0 Å². The number of benzene rings is 2. The van der Waals surface area contributed by atoms with Gasteiger partial charge in [-0.1, -0.05) is 60.1 Å². The first-order valence-electron chi connectivity index (χ1n) is 5.51. The smallest absolute Gasteiger partial charge is 0.0486 e. The topological polar surface area (TPSA) is 0 Å². The van der Waals surface area contributed by atoms with Crippen molar-refractivity contribution < 1.29 is 0 Å². The fourth-order valence-electron chi connectivity index (χ4n) is 1.77. The predicted octanol–water partition coefficient (Wildman–Crippen LogP) is 3.70. The Labute approximate surface area is 114 Å². The molecule has 0 heterocycles. The molecule has 2 aromatic rings. The first-order valence-corrected chi connectivity index (χ1v) is 8.04. The van der Waals surface area contributed by atoms with Gasteiger partial charge in [0.05, 0.1) is 0 Å². The maximum atomic E-state index is 6.30. The number of hydrogen-bond acceptors (Lipinski definition) is 1. The number of rotatable bonds is 4. The fraction of sp³-hybridized carbons (Fsp3) is 0.143. The molecule has 0 bridgehead atoms. The quantitative estimate of drug-likeness (QED) is 0.641. The van der Waals surface area contributed by atoms with Crippen LogP contribution in [0.4, 0.5) is 0 Å².